The molecule has 0 radical (unpaired) electrons. The quantitative estimate of drug-likeness (QED) is 0.891. The number of nitrogens with zero attached hydrogens (tertiary/aromatic N) is 1. The van der Waals surface area contributed by atoms with Gasteiger partial charge in [0.25, 0.3) is 16.4 Å². The lowest BCUT2D eigenvalue weighted by atomic mass is 10.2. The maximum atomic E-state index is 12.7. The molecule has 0 saturated carbocycles. The lowest BCUT2D eigenvalue weighted by molar-refractivity contribution is 0.147. The van der Waals surface area contributed by atoms with Crippen molar-refractivity contribution in [1.29, 1.82) is 0 Å². The number of hydrogen-bond acceptors (Lipinski definition) is 3. The van der Waals surface area contributed by atoms with Gasteiger partial charge in [-0.15, -0.1) is 0 Å². The van der Waals surface area contributed by atoms with Gasteiger partial charge in [-0.1, -0.05) is 30.3 Å². The second-order valence-corrected chi connectivity index (χ2v) is 5.84. The van der Waals surface area contributed by atoms with Crippen LogP contribution in [-0.2, 0) is 10.0 Å². The summed E-state index contributed by atoms with van der Waals surface area (Å²) in [7, 11) is -3.91. The fraction of sp³-hybridized carbons (Fsp3) is 0.154. The molecular formula is C13H13F2N3O2S. The summed E-state index contributed by atoms with van der Waals surface area (Å²) in [5.74, 6) is 0. The largest absolute Gasteiger partial charge is 0.284 e. The van der Waals surface area contributed by atoms with Gasteiger partial charge in [-0.05, 0) is 18.6 Å². The number of aryl methyl sites for hydroxylation is 1. The molecule has 1 aromatic carbocycles. The maximum absolute atomic E-state index is 12.7. The Labute approximate surface area is 120 Å². The first-order chi connectivity index (χ1) is 9.89. The highest BCUT2D eigenvalue weighted by Gasteiger charge is 2.21. The Kier molecular flexibility index (Phi) is 4.37. The van der Waals surface area contributed by atoms with Crippen LogP contribution in [-0.4, -0.2) is 18.6 Å². The molecule has 0 saturated heterocycles. The van der Waals surface area contributed by atoms with E-state index in [4.69, 9.17) is 0 Å². The minimum Gasteiger partial charge on any atom is -0.280 e. The molecule has 1 heterocycles. The predicted molar refractivity (Wildman–Crippen MR) is 76.3 cm³/mol. The molecule has 0 aliphatic carbocycles. The number of rotatable bonds is 5. The molecule has 1 aromatic heterocycles. The summed E-state index contributed by atoms with van der Waals surface area (Å²) in [6, 6.07) is 8.76. The molecule has 0 amide bonds. The van der Waals surface area contributed by atoms with Crippen molar-refractivity contribution in [3.8, 4) is 0 Å². The van der Waals surface area contributed by atoms with Crippen LogP contribution in [0.4, 0.5) is 14.5 Å². The van der Waals surface area contributed by atoms with Crippen LogP contribution >= 0.6 is 0 Å². The smallest absolute Gasteiger partial charge is 0.280 e. The molecule has 2 N–H and O–H groups in total. The van der Waals surface area contributed by atoms with Crippen molar-refractivity contribution in [3.05, 3.63) is 52.7 Å². The first-order valence-corrected chi connectivity index (χ1v) is 7.52. The normalized spacial score (nSPS) is 12.2. The molecule has 0 spiro atoms. The second-order valence-electron chi connectivity index (χ2n) is 4.27. The van der Waals surface area contributed by atoms with E-state index in [2.05, 4.69) is 14.9 Å². The molecule has 8 heteroatoms. The molecule has 0 atom stereocenters. The van der Waals surface area contributed by atoms with E-state index >= 15 is 0 Å². The Hall–Kier alpha value is -2.22. The molecule has 0 bridgehead atoms. The van der Waals surface area contributed by atoms with Crippen molar-refractivity contribution in [2.45, 2.75) is 13.3 Å². The lowest BCUT2D eigenvalue weighted by Crippen LogP contribution is -2.11. The standard InChI is InChI=1S/C13H13F2N3O2S/c1-9-11(12(13(14)15)17-16-9)18-21(19,20)8-7-10-5-3-2-4-6-10/h2-8,13,18H,1H3,(H,16,17). The number of aromatic nitrogens is 2. The van der Waals surface area contributed by atoms with E-state index in [1.165, 1.54) is 13.0 Å². The van der Waals surface area contributed by atoms with Crippen molar-refractivity contribution in [1.82, 2.24) is 10.2 Å². The molecule has 5 nitrogen and oxygen atoms in total. The van der Waals surface area contributed by atoms with Gasteiger partial charge in [-0.2, -0.15) is 5.10 Å². The van der Waals surface area contributed by atoms with Gasteiger partial charge in [-0.3, -0.25) is 9.82 Å². The van der Waals surface area contributed by atoms with Crippen molar-refractivity contribution in [2.75, 3.05) is 4.72 Å². The van der Waals surface area contributed by atoms with Crippen LogP contribution in [0.15, 0.2) is 35.7 Å². The molecule has 112 valence electrons. The minimum atomic E-state index is -3.91. The Morgan fingerprint density at radius 1 is 1.29 bits per heavy atom. The fourth-order valence-corrected chi connectivity index (χ4v) is 2.59. The van der Waals surface area contributed by atoms with E-state index in [9.17, 15) is 17.2 Å². The van der Waals surface area contributed by atoms with E-state index in [1.54, 1.807) is 30.3 Å². The molecular weight excluding hydrogens is 300 g/mol. The van der Waals surface area contributed by atoms with E-state index in [1.807, 2.05) is 0 Å². The van der Waals surface area contributed by atoms with Crippen molar-refractivity contribution in [2.24, 2.45) is 0 Å². The molecule has 2 rings (SSSR count). The highest BCUT2D eigenvalue weighted by molar-refractivity contribution is 7.95. The zero-order valence-corrected chi connectivity index (χ0v) is 11.9. The maximum Gasteiger partial charge on any atom is 0.284 e. The zero-order valence-electron chi connectivity index (χ0n) is 11.0. The number of halogens is 2. The molecule has 0 aliphatic rings. The number of sulfonamides is 1. The average molecular weight is 313 g/mol. The number of benzene rings is 1. The summed E-state index contributed by atoms with van der Waals surface area (Å²) in [6.07, 6.45) is -1.49. The van der Waals surface area contributed by atoms with Gasteiger partial charge in [-0.25, -0.2) is 17.2 Å². The lowest BCUT2D eigenvalue weighted by Gasteiger charge is -2.05. The predicted octanol–water partition coefficient (Wildman–Crippen LogP) is 3.07. The fourth-order valence-electron chi connectivity index (χ4n) is 1.64. The third-order valence-electron chi connectivity index (χ3n) is 2.67. The van der Waals surface area contributed by atoms with Gasteiger partial charge >= 0.3 is 0 Å². The van der Waals surface area contributed by atoms with Gasteiger partial charge in [0.15, 0.2) is 5.69 Å². The third kappa shape index (κ3) is 3.88. The molecule has 0 unspecified atom stereocenters. The van der Waals surface area contributed by atoms with Crippen molar-refractivity contribution >= 4 is 21.8 Å². The number of hydrogen-bond donors (Lipinski definition) is 2. The van der Waals surface area contributed by atoms with Crippen LogP contribution in [0.2, 0.25) is 0 Å². The molecule has 2 aromatic rings. The number of anilines is 1. The number of alkyl halides is 2. The third-order valence-corrected chi connectivity index (χ3v) is 3.65. The Morgan fingerprint density at radius 3 is 2.57 bits per heavy atom. The van der Waals surface area contributed by atoms with E-state index < -0.39 is 22.1 Å². The van der Waals surface area contributed by atoms with E-state index in [-0.39, 0.29) is 11.4 Å². The average Bonchev–Trinajstić information content (AvgIpc) is 2.79. The Morgan fingerprint density at radius 2 is 1.95 bits per heavy atom. The number of H-pyrrole nitrogens is 1. The summed E-state index contributed by atoms with van der Waals surface area (Å²) in [5, 5.41) is 6.65. The summed E-state index contributed by atoms with van der Waals surface area (Å²) in [5.41, 5.74) is 0.0646. The summed E-state index contributed by atoms with van der Waals surface area (Å²) < 4.78 is 51.4. The highest BCUT2D eigenvalue weighted by Crippen LogP contribution is 2.28. The highest BCUT2D eigenvalue weighted by atomic mass is 32.2. The van der Waals surface area contributed by atoms with Gasteiger partial charge in [0.2, 0.25) is 0 Å². The van der Waals surface area contributed by atoms with Crippen molar-refractivity contribution in [3.63, 3.8) is 0 Å². The molecule has 21 heavy (non-hydrogen) atoms. The van der Waals surface area contributed by atoms with Gasteiger partial charge < -0.3 is 0 Å². The van der Waals surface area contributed by atoms with Crippen LogP contribution in [0, 0.1) is 6.92 Å². The van der Waals surface area contributed by atoms with Crippen LogP contribution in [0.3, 0.4) is 0 Å². The summed E-state index contributed by atoms with van der Waals surface area (Å²) in [4.78, 5) is 0. The van der Waals surface area contributed by atoms with Crippen molar-refractivity contribution < 1.29 is 17.2 Å². The monoisotopic (exact) mass is 313 g/mol. The van der Waals surface area contributed by atoms with E-state index in [0.717, 1.165) is 5.41 Å². The van der Waals surface area contributed by atoms with Crippen LogP contribution in [0.25, 0.3) is 6.08 Å². The van der Waals surface area contributed by atoms with Gasteiger partial charge in [0, 0.05) is 0 Å². The summed E-state index contributed by atoms with van der Waals surface area (Å²) in [6.45, 7) is 1.46. The van der Waals surface area contributed by atoms with Crippen LogP contribution in [0.1, 0.15) is 23.4 Å². The molecule has 0 fully saturated rings. The zero-order chi connectivity index (χ0) is 15.5. The van der Waals surface area contributed by atoms with Gasteiger partial charge in [0.05, 0.1) is 16.8 Å². The van der Waals surface area contributed by atoms with Gasteiger partial charge in [0.1, 0.15) is 0 Å². The van der Waals surface area contributed by atoms with E-state index in [0.29, 0.717) is 5.56 Å². The minimum absolute atomic E-state index is 0.220. The Bertz CT molecular complexity index is 740. The first kappa shape index (κ1) is 15.2. The Balaban J connectivity index is 2.22. The number of nitrogens with one attached hydrogen (secondary N) is 2. The topological polar surface area (TPSA) is 74.8 Å². The SMILES string of the molecule is Cc1[nH]nc(C(F)F)c1NS(=O)(=O)C=Cc1ccccc1. The van der Waals surface area contributed by atoms with Crippen LogP contribution < -0.4 is 4.72 Å². The molecule has 0 aliphatic heterocycles. The second kappa shape index (κ2) is 6.04. The number of aromatic amines is 1. The summed E-state index contributed by atoms with van der Waals surface area (Å²) >= 11 is 0. The van der Waals surface area contributed by atoms with Crippen LogP contribution in [0.5, 0.6) is 0 Å². The first-order valence-electron chi connectivity index (χ1n) is 5.98.